The van der Waals surface area contributed by atoms with Gasteiger partial charge in [0.25, 0.3) is 0 Å². The average molecular weight is 1160 g/mol. The second kappa shape index (κ2) is 71.1. The Morgan fingerprint density at radius 3 is 0.759 bits per heavy atom. The Balaban J connectivity index is 4.25. The maximum Gasteiger partial charge on any atom is 0.306 e. The van der Waals surface area contributed by atoms with Crippen LogP contribution in [0.2, 0.25) is 0 Å². The van der Waals surface area contributed by atoms with Gasteiger partial charge in [-0.25, -0.2) is 0 Å². The van der Waals surface area contributed by atoms with Crippen LogP contribution in [0.25, 0.3) is 0 Å². The van der Waals surface area contributed by atoms with E-state index in [1.54, 1.807) is 0 Å². The molecule has 0 saturated carbocycles. The van der Waals surface area contributed by atoms with Crippen LogP contribution in [0.1, 0.15) is 367 Å². The lowest BCUT2D eigenvalue weighted by Gasteiger charge is -2.18. The lowest BCUT2D eigenvalue weighted by Crippen LogP contribution is -2.30. The Bertz CT molecular complexity index is 1570. The van der Waals surface area contributed by atoms with E-state index >= 15 is 0 Å². The molecule has 0 rings (SSSR count). The molecular formula is C77H136O6. The summed E-state index contributed by atoms with van der Waals surface area (Å²) < 4.78 is 17.0. The zero-order valence-electron chi connectivity index (χ0n) is 55.2. The van der Waals surface area contributed by atoms with Crippen molar-refractivity contribution in [1.29, 1.82) is 0 Å². The van der Waals surface area contributed by atoms with Gasteiger partial charge in [0.15, 0.2) is 6.10 Å². The minimum absolute atomic E-state index is 0.0810. The second-order valence-electron chi connectivity index (χ2n) is 24.1. The fourth-order valence-corrected chi connectivity index (χ4v) is 10.5. The van der Waals surface area contributed by atoms with Gasteiger partial charge in [0.1, 0.15) is 13.2 Å². The molecule has 0 aliphatic carbocycles. The van der Waals surface area contributed by atoms with E-state index < -0.39 is 6.10 Å². The predicted octanol–water partition coefficient (Wildman–Crippen LogP) is 25.0. The van der Waals surface area contributed by atoms with Crippen LogP contribution in [-0.4, -0.2) is 37.2 Å². The number of esters is 3. The van der Waals surface area contributed by atoms with Gasteiger partial charge in [-0.3, -0.25) is 14.4 Å². The topological polar surface area (TPSA) is 78.9 Å². The van der Waals surface area contributed by atoms with Gasteiger partial charge in [0.2, 0.25) is 0 Å². The molecule has 480 valence electrons. The number of rotatable bonds is 66. The predicted molar refractivity (Wildman–Crippen MR) is 362 cm³/mol. The zero-order chi connectivity index (χ0) is 59.9. The maximum atomic E-state index is 13.0. The Morgan fingerprint density at radius 2 is 0.470 bits per heavy atom. The highest BCUT2D eigenvalue weighted by Crippen LogP contribution is 2.18. The van der Waals surface area contributed by atoms with Gasteiger partial charge < -0.3 is 14.2 Å². The molecule has 0 amide bonds. The van der Waals surface area contributed by atoms with Crippen molar-refractivity contribution in [2.24, 2.45) is 0 Å². The zero-order valence-corrected chi connectivity index (χ0v) is 55.2. The average Bonchev–Trinajstić information content (AvgIpc) is 3.49. The molecule has 0 bridgehead atoms. The van der Waals surface area contributed by atoms with Crippen LogP contribution >= 0.6 is 0 Å². The summed E-state index contributed by atoms with van der Waals surface area (Å²) in [6.07, 6.45) is 94.8. The second-order valence-corrected chi connectivity index (χ2v) is 24.1. The smallest absolute Gasteiger partial charge is 0.306 e. The quantitative estimate of drug-likeness (QED) is 0.0261. The van der Waals surface area contributed by atoms with Gasteiger partial charge in [-0.15, -0.1) is 0 Å². The summed E-state index contributed by atoms with van der Waals surface area (Å²) in [6, 6.07) is 0. The molecule has 0 aliphatic heterocycles. The Morgan fingerprint density at radius 1 is 0.253 bits per heavy atom. The van der Waals surface area contributed by atoms with Crippen LogP contribution < -0.4 is 0 Å². The first kappa shape index (κ1) is 79.6. The van der Waals surface area contributed by atoms with Crippen LogP contribution in [0.15, 0.2) is 85.1 Å². The lowest BCUT2D eigenvalue weighted by molar-refractivity contribution is -0.167. The number of hydrogen-bond acceptors (Lipinski definition) is 6. The minimum atomic E-state index is -0.787. The third-order valence-electron chi connectivity index (χ3n) is 15.9. The van der Waals surface area contributed by atoms with E-state index in [1.807, 2.05) is 0 Å². The summed E-state index contributed by atoms with van der Waals surface area (Å²) in [4.78, 5) is 38.4. The SMILES string of the molecule is CC/C=C\C/C=C\C/C=C\C/C=C\C/C=C\CCCCCCCCCC(=O)OC(COC(=O)CCCCCCC/C=C\CCCCCC)COC(=O)CCCCCCCCCCCCCCCCCCC/C=C\CCCCCCCCCC. The lowest BCUT2D eigenvalue weighted by atomic mass is 10.0. The highest BCUT2D eigenvalue weighted by molar-refractivity contribution is 5.71. The van der Waals surface area contributed by atoms with Gasteiger partial charge in [0, 0.05) is 19.3 Å². The molecule has 83 heavy (non-hydrogen) atoms. The Hall–Kier alpha value is -3.41. The molecule has 1 atom stereocenters. The van der Waals surface area contributed by atoms with Crippen LogP contribution in [0, 0.1) is 0 Å². The van der Waals surface area contributed by atoms with Gasteiger partial charge in [-0.2, -0.15) is 0 Å². The molecule has 0 aromatic heterocycles. The van der Waals surface area contributed by atoms with Crippen molar-refractivity contribution in [2.45, 2.75) is 374 Å². The van der Waals surface area contributed by atoms with Crippen LogP contribution in [-0.2, 0) is 28.6 Å². The van der Waals surface area contributed by atoms with E-state index in [1.165, 1.54) is 225 Å². The molecule has 0 radical (unpaired) electrons. The fraction of sp³-hybridized carbons (Fsp3) is 0.779. The highest BCUT2D eigenvalue weighted by atomic mass is 16.6. The summed E-state index contributed by atoms with van der Waals surface area (Å²) in [5, 5.41) is 0. The maximum absolute atomic E-state index is 13.0. The van der Waals surface area contributed by atoms with E-state index in [4.69, 9.17) is 14.2 Å². The number of hydrogen-bond donors (Lipinski definition) is 0. The van der Waals surface area contributed by atoms with Crippen LogP contribution in [0.3, 0.4) is 0 Å². The van der Waals surface area contributed by atoms with Gasteiger partial charge >= 0.3 is 17.9 Å². The molecule has 1 unspecified atom stereocenters. The monoisotopic (exact) mass is 1160 g/mol. The molecule has 0 aliphatic rings. The van der Waals surface area contributed by atoms with Crippen molar-refractivity contribution in [3.63, 3.8) is 0 Å². The summed E-state index contributed by atoms with van der Waals surface area (Å²) in [6.45, 7) is 6.54. The van der Waals surface area contributed by atoms with Gasteiger partial charge in [0.05, 0.1) is 0 Å². The first-order valence-corrected chi connectivity index (χ1v) is 36.1. The van der Waals surface area contributed by atoms with E-state index in [2.05, 4.69) is 106 Å². The molecule has 0 fully saturated rings. The molecule has 0 aromatic carbocycles. The summed E-state index contributed by atoms with van der Waals surface area (Å²) in [5.41, 5.74) is 0. The van der Waals surface area contributed by atoms with Crippen molar-refractivity contribution >= 4 is 17.9 Å². The van der Waals surface area contributed by atoms with E-state index in [-0.39, 0.29) is 31.1 Å². The normalized spacial score (nSPS) is 12.6. The first-order valence-electron chi connectivity index (χ1n) is 36.1. The van der Waals surface area contributed by atoms with Crippen LogP contribution in [0.5, 0.6) is 0 Å². The highest BCUT2D eigenvalue weighted by Gasteiger charge is 2.19. The van der Waals surface area contributed by atoms with Crippen molar-refractivity contribution in [2.75, 3.05) is 13.2 Å². The number of carbonyl (C=O) groups is 3. The van der Waals surface area contributed by atoms with Crippen molar-refractivity contribution in [3.05, 3.63) is 85.1 Å². The first-order chi connectivity index (χ1) is 41.0. The molecule has 6 heteroatoms. The minimum Gasteiger partial charge on any atom is -0.462 e. The van der Waals surface area contributed by atoms with Gasteiger partial charge in [-0.1, -0.05) is 318 Å². The molecule has 0 saturated heterocycles. The van der Waals surface area contributed by atoms with E-state index in [0.29, 0.717) is 19.3 Å². The third-order valence-corrected chi connectivity index (χ3v) is 15.9. The number of carbonyl (C=O) groups excluding carboxylic acids is 3. The molecule has 0 aromatic rings. The molecule has 0 spiro atoms. The van der Waals surface area contributed by atoms with Crippen molar-refractivity contribution in [1.82, 2.24) is 0 Å². The fourth-order valence-electron chi connectivity index (χ4n) is 10.5. The molecular weight excluding hydrogens is 1020 g/mol. The molecule has 0 heterocycles. The third kappa shape index (κ3) is 69.3. The largest absolute Gasteiger partial charge is 0.462 e. The summed E-state index contributed by atoms with van der Waals surface area (Å²) in [7, 11) is 0. The summed E-state index contributed by atoms with van der Waals surface area (Å²) >= 11 is 0. The van der Waals surface area contributed by atoms with Crippen molar-refractivity contribution in [3.8, 4) is 0 Å². The van der Waals surface area contributed by atoms with Crippen LogP contribution in [0.4, 0.5) is 0 Å². The van der Waals surface area contributed by atoms with Crippen molar-refractivity contribution < 1.29 is 28.6 Å². The summed E-state index contributed by atoms with van der Waals surface area (Å²) in [5.74, 6) is -0.883. The number of allylic oxidation sites excluding steroid dienone is 14. The van der Waals surface area contributed by atoms with E-state index in [0.717, 1.165) is 103 Å². The molecule has 0 N–H and O–H groups in total. The Kier molecular flexibility index (Phi) is 68.2. The van der Waals surface area contributed by atoms with Gasteiger partial charge in [-0.05, 0) is 116 Å². The number of unbranched alkanes of at least 4 members (excludes halogenated alkanes) is 41. The molecule has 6 nitrogen and oxygen atoms in total. The number of ether oxygens (including phenoxy) is 3. The Labute approximate surface area is 515 Å². The van der Waals surface area contributed by atoms with E-state index in [9.17, 15) is 14.4 Å². The standard InChI is InChI=1S/C77H136O6/c1-4-7-10-13-16-19-22-25-27-29-31-33-35-36-37-38-39-40-42-43-45-47-49-52-55-58-61-64-67-70-76(79)82-73-74(72-81-75(78)69-66-63-60-57-54-51-24-21-18-15-12-9-6-3)83-77(80)71-68-65-62-59-56-53-50-48-46-44-41-34-32-30-28-26-23-20-17-14-11-8-5-2/h8,11,17,20-21,24,26,28-29,31-32,34,44,46,74H,4-7,9-10,12-16,18-19,22-23,25,27,30,33,35-43,45,47-73H2,1-3H3/b11-8-,20-17-,24-21-,28-26-,31-29-,34-32-,46-44-.